The molecule has 2 N–H and O–H groups in total. The van der Waals surface area contributed by atoms with Crippen LogP contribution in [0.3, 0.4) is 0 Å². The van der Waals surface area contributed by atoms with E-state index in [1.165, 1.54) is 0 Å². The summed E-state index contributed by atoms with van der Waals surface area (Å²) in [6.07, 6.45) is 1.69. The van der Waals surface area contributed by atoms with Gasteiger partial charge in [0, 0.05) is 24.4 Å². The maximum absolute atomic E-state index is 5.90. The Hall–Kier alpha value is -1.29. The summed E-state index contributed by atoms with van der Waals surface area (Å²) in [4.78, 5) is 4.17. The van der Waals surface area contributed by atoms with Gasteiger partial charge >= 0.3 is 0 Å². The van der Waals surface area contributed by atoms with Crippen LogP contribution in [-0.2, 0) is 0 Å². The zero-order valence-corrected chi connectivity index (χ0v) is 11.2. The predicted octanol–water partition coefficient (Wildman–Crippen LogP) is 4.20. The number of pyridine rings is 1. The van der Waals surface area contributed by atoms with Crippen molar-refractivity contribution in [1.82, 2.24) is 4.98 Å². The first-order valence-electron chi connectivity index (χ1n) is 5.40. The number of nitrogens with zero attached hydrogens (tertiary/aromatic N) is 1. The molecule has 0 unspecified atom stereocenters. The van der Waals surface area contributed by atoms with Gasteiger partial charge in [0.1, 0.15) is 5.75 Å². The molecule has 1 atom stereocenters. The summed E-state index contributed by atoms with van der Waals surface area (Å²) in [5, 5.41) is 0.936. The van der Waals surface area contributed by atoms with Gasteiger partial charge in [-0.2, -0.15) is 0 Å². The lowest BCUT2D eigenvalue weighted by atomic mass is 10.2. The van der Waals surface area contributed by atoms with E-state index in [-0.39, 0.29) is 6.04 Å². The van der Waals surface area contributed by atoms with Gasteiger partial charge in [-0.25, -0.2) is 4.98 Å². The lowest BCUT2D eigenvalue weighted by Gasteiger charge is -2.08. The molecule has 18 heavy (non-hydrogen) atoms. The molecule has 5 heteroatoms. The van der Waals surface area contributed by atoms with Crippen LogP contribution in [-0.4, -0.2) is 4.98 Å². The molecule has 0 aliphatic carbocycles. The predicted molar refractivity (Wildman–Crippen MR) is 73.4 cm³/mol. The highest BCUT2D eigenvalue weighted by Crippen LogP contribution is 2.28. The van der Waals surface area contributed by atoms with E-state index in [9.17, 15) is 0 Å². The topological polar surface area (TPSA) is 48.1 Å². The second kappa shape index (κ2) is 5.57. The number of nitrogens with two attached hydrogens (primary N) is 1. The van der Waals surface area contributed by atoms with Crippen LogP contribution in [0, 0.1) is 0 Å². The van der Waals surface area contributed by atoms with Crippen molar-refractivity contribution in [2.24, 2.45) is 5.73 Å². The van der Waals surface area contributed by atoms with E-state index in [0.29, 0.717) is 21.7 Å². The Kier molecular flexibility index (Phi) is 4.07. The standard InChI is InChI=1S/C13H12Cl2N2O/c1-8(16)9-2-5-13(17-7-9)18-10-3-4-11(14)12(15)6-10/h2-8H,16H2,1H3/t8-/m0/s1. The van der Waals surface area contributed by atoms with Crippen LogP contribution in [0.15, 0.2) is 36.5 Å². The molecule has 1 aromatic carbocycles. The lowest BCUT2D eigenvalue weighted by Crippen LogP contribution is -2.05. The SMILES string of the molecule is C[C@H](N)c1ccc(Oc2ccc(Cl)c(Cl)c2)nc1. The summed E-state index contributed by atoms with van der Waals surface area (Å²) in [5.41, 5.74) is 6.70. The van der Waals surface area contributed by atoms with Crippen LogP contribution in [0.5, 0.6) is 11.6 Å². The quantitative estimate of drug-likeness (QED) is 0.918. The number of hydrogen-bond donors (Lipinski definition) is 1. The average Bonchev–Trinajstić information content (AvgIpc) is 2.34. The van der Waals surface area contributed by atoms with E-state index >= 15 is 0 Å². The fourth-order valence-corrected chi connectivity index (χ4v) is 1.67. The van der Waals surface area contributed by atoms with Crippen molar-refractivity contribution in [2.45, 2.75) is 13.0 Å². The van der Waals surface area contributed by atoms with Gasteiger partial charge in [-0.15, -0.1) is 0 Å². The van der Waals surface area contributed by atoms with E-state index in [1.807, 2.05) is 13.0 Å². The molecule has 0 radical (unpaired) electrons. The van der Waals surface area contributed by atoms with Crippen molar-refractivity contribution in [1.29, 1.82) is 0 Å². The molecule has 3 nitrogen and oxygen atoms in total. The van der Waals surface area contributed by atoms with Gasteiger partial charge in [-0.3, -0.25) is 0 Å². The van der Waals surface area contributed by atoms with E-state index in [0.717, 1.165) is 5.56 Å². The highest BCUT2D eigenvalue weighted by Gasteiger charge is 2.04. The number of halogens is 2. The summed E-state index contributed by atoms with van der Waals surface area (Å²) >= 11 is 11.7. The molecule has 2 rings (SSSR count). The van der Waals surface area contributed by atoms with Crippen molar-refractivity contribution in [2.75, 3.05) is 0 Å². The number of benzene rings is 1. The zero-order chi connectivity index (χ0) is 13.1. The fraction of sp³-hybridized carbons (Fsp3) is 0.154. The van der Waals surface area contributed by atoms with Crippen LogP contribution in [0.25, 0.3) is 0 Å². The molecule has 0 spiro atoms. The minimum absolute atomic E-state index is 0.0449. The van der Waals surface area contributed by atoms with Gasteiger partial charge in [0.05, 0.1) is 10.0 Å². The minimum atomic E-state index is -0.0449. The fourth-order valence-electron chi connectivity index (χ4n) is 1.38. The Labute approximate surface area is 115 Å². The smallest absolute Gasteiger partial charge is 0.219 e. The number of hydrogen-bond acceptors (Lipinski definition) is 3. The Morgan fingerprint density at radius 1 is 1.17 bits per heavy atom. The van der Waals surface area contributed by atoms with Crippen molar-refractivity contribution in [3.63, 3.8) is 0 Å². The molecule has 0 aliphatic rings. The highest BCUT2D eigenvalue weighted by atomic mass is 35.5. The van der Waals surface area contributed by atoms with Gasteiger partial charge in [0.2, 0.25) is 5.88 Å². The molecule has 0 aliphatic heterocycles. The van der Waals surface area contributed by atoms with E-state index in [1.54, 1.807) is 30.5 Å². The van der Waals surface area contributed by atoms with Crippen molar-refractivity contribution < 1.29 is 4.74 Å². The largest absolute Gasteiger partial charge is 0.439 e. The Morgan fingerprint density at radius 3 is 2.50 bits per heavy atom. The van der Waals surface area contributed by atoms with Crippen molar-refractivity contribution in [3.05, 3.63) is 52.1 Å². The minimum Gasteiger partial charge on any atom is -0.439 e. The summed E-state index contributed by atoms with van der Waals surface area (Å²) < 4.78 is 5.55. The second-order valence-electron chi connectivity index (χ2n) is 3.90. The summed E-state index contributed by atoms with van der Waals surface area (Å²) in [7, 11) is 0. The normalized spacial score (nSPS) is 12.2. The Morgan fingerprint density at radius 2 is 1.94 bits per heavy atom. The van der Waals surface area contributed by atoms with E-state index < -0.39 is 0 Å². The number of aromatic nitrogens is 1. The monoisotopic (exact) mass is 282 g/mol. The summed E-state index contributed by atoms with van der Waals surface area (Å²) in [5.74, 6) is 1.07. The molecule has 0 saturated carbocycles. The van der Waals surface area contributed by atoms with Crippen LogP contribution < -0.4 is 10.5 Å². The van der Waals surface area contributed by atoms with E-state index in [2.05, 4.69) is 4.98 Å². The van der Waals surface area contributed by atoms with Crippen LogP contribution in [0.2, 0.25) is 10.0 Å². The first kappa shape index (κ1) is 13.1. The highest BCUT2D eigenvalue weighted by molar-refractivity contribution is 6.42. The molecule has 1 aromatic heterocycles. The third-order valence-electron chi connectivity index (χ3n) is 2.40. The first-order chi connectivity index (χ1) is 8.56. The van der Waals surface area contributed by atoms with Crippen LogP contribution >= 0.6 is 23.2 Å². The molecule has 0 amide bonds. The molecule has 2 aromatic rings. The molecule has 0 bridgehead atoms. The maximum atomic E-state index is 5.90. The van der Waals surface area contributed by atoms with Gasteiger partial charge in [0.25, 0.3) is 0 Å². The summed E-state index contributed by atoms with van der Waals surface area (Å²) in [6.45, 7) is 1.90. The zero-order valence-electron chi connectivity index (χ0n) is 9.73. The summed E-state index contributed by atoms with van der Waals surface area (Å²) in [6, 6.07) is 8.65. The molecule has 0 fully saturated rings. The van der Waals surface area contributed by atoms with Crippen molar-refractivity contribution in [3.8, 4) is 11.6 Å². The van der Waals surface area contributed by atoms with Gasteiger partial charge in [0.15, 0.2) is 0 Å². The van der Waals surface area contributed by atoms with Gasteiger partial charge in [-0.1, -0.05) is 29.3 Å². The third kappa shape index (κ3) is 3.13. The number of rotatable bonds is 3. The lowest BCUT2D eigenvalue weighted by molar-refractivity contribution is 0.462. The molecular weight excluding hydrogens is 271 g/mol. The molecular formula is C13H12Cl2N2O. The van der Waals surface area contributed by atoms with Gasteiger partial charge < -0.3 is 10.5 Å². The second-order valence-corrected chi connectivity index (χ2v) is 4.71. The Balaban J connectivity index is 2.15. The molecule has 1 heterocycles. The van der Waals surface area contributed by atoms with Crippen LogP contribution in [0.1, 0.15) is 18.5 Å². The molecule has 0 saturated heterocycles. The number of ether oxygens (including phenoxy) is 1. The Bertz CT molecular complexity index is 541. The average molecular weight is 283 g/mol. The van der Waals surface area contributed by atoms with Crippen molar-refractivity contribution >= 4 is 23.2 Å². The first-order valence-corrected chi connectivity index (χ1v) is 6.16. The van der Waals surface area contributed by atoms with Gasteiger partial charge in [-0.05, 0) is 24.6 Å². The van der Waals surface area contributed by atoms with E-state index in [4.69, 9.17) is 33.7 Å². The molecule has 94 valence electrons. The maximum Gasteiger partial charge on any atom is 0.219 e. The third-order valence-corrected chi connectivity index (χ3v) is 3.14. The van der Waals surface area contributed by atoms with Crippen LogP contribution in [0.4, 0.5) is 0 Å².